The van der Waals surface area contributed by atoms with Gasteiger partial charge in [-0.15, -0.1) is 0 Å². The van der Waals surface area contributed by atoms with Gasteiger partial charge >= 0.3 is 0 Å². The van der Waals surface area contributed by atoms with Crippen molar-refractivity contribution >= 4 is 27.3 Å². The molecule has 1 aliphatic heterocycles. The van der Waals surface area contributed by atoms with Crippen LogP contribution >= 0.6 is 0 Å². The monoisotopic (exact) mass is 525 g/mol. The summed E-state index contributed by atoms with van der Waals surface area (Å²) in [6.45, 7) is 2.16. The van der Waals surface area contributed by atoms with Gasteiger partial charge in [-0.25, -0.2) is 13.8 Å². The smallest absolute Gasteiger partial charge is 0.264 e. The molecule has 1 N–H and O–H groups in total. The van der Waals surface area contributed by atoms with Crippen LogP contribution in [0.4, 0.5) is 5.69 Å². The number of methoxy groups -OCH3 is 2. The lowest BCUT2D eigenvalue weighted by atomic mass is 10.1. The molecule has 0 radical (unpaired) electrons. The molecule has 194 valence electrons. The van der Waals surface area contributed by atoms with Gasteiger partial charge in [0.1, 0.15) is 19.8 Å². The van der Waals surface area contributed by atoms with Gasteiger partial charge in [0.15, 0.2) is 23.0 Å². The third-order valence-corrected chi connectivity index (χ3v) is 7.35. The second-order valence-corrected chi connectivity index (χ2v) is 9.82. The van der Waals surface area contributed by atoms with E-state index in [9.17, 15) is 13.2 Å². The zero-order valence-corrected chi connectivity index (χ0v) is 21.4. The molecule has 0 unspecified atom stereocenters. The fourth-order valence-corrected chi connectivity index (χ4v) is 5.10. The number of fused-ring (bicyclic) bond motifs is 1. The van der Waals surface area contributed by atoms with Crippen LogP contribution in [0.2, 0.25) is 0 Å². The summed E-state index contributed by atoms with van der Waals surface area (Å²) in [5.41, 5.74) is 4.01. The number of benzene rings is 3. The van der Waals surface area contributed by atoms with Crippen LogP contribution in [0.5, 0.6) is 23.0 Å². The quantitative estimate of drug-likeness (QED) is 0.337. The van der Waals surface area contributed by atoms with Gasteiger partial charge in [0.2, 0.25) is 0 Å². The lowest BCUT2D eigenvalue weighted by Crippen LogP contribution is -2.39. The molecule has 0 saturated carbocycles. The number of anilines is 1. The predicted molar refractivity (Wildman–Crippen MR) is 138 cm³/mol. The van der Waals surface area contributed by atoms with Crippen molar-refractivity contribution in [2.75, 3.05) is 38.3 Å². The second kappa shape index (κ2) is 11.2. The van der Waals surface area contributed by atoms with E-state index in [0.717, 1.165) is 9.87 Å². The Labute approximate surface area is 215 Å². The Bertz CT molecular complexity index is 1410. The van der Waals surface area contributed by atoms with E-state index >= 15 is 0 Å². The molecule has 0 bridgehead atoms. The summed E-state index contributed by atoms with van der Waals surface area (Å²) in [6.07, 6.45) is 0. The first-order valence-corrected chi connectivity index (χ1v) is 12.8. The zero-order chi connectivity index (χ0) is 26.4. The lowest BCUT2D eigenvalue weighted by molar-refractivity contribution is -0.119. The van der Waals surface area contributed by atoms with Crippen LogP contribution in [0.1, 0.15) is 12.5 Å². The summed E-state index contributed by atoms with van der Waals surface area (Å²) in [4.78, 5) is 12.8. The third kappa shape index (κ3) is 5.78. The highest BCUT2D eigenvalue weighted by atomic mass is 32.2. The molecular weight excluding hydrogens is 498 g/mol. The Balaban J connectivity index is 1.57. The van der Waals surface area contributed by atoms with Crippen molar-refractivity contribution in [2.45, 2.75) is 11.8 Å². The second-order valence-electron chi connectivity index (χ2n) is 7.95. The Morgan fingerprint density at radius 1 is 0.946 bits per heavy atom. The zero-order valence-electron chi connectivity index (χ0n) is 20.6. The minimum atomic E-state index is -4.15. The Kier molecular flexibility index (Phi) is 7.83. The van der Waals surface area contributed by atoms with E-state index in [0.29, 0.717) is 41.9 Å². The molecule has 4 rings (SSSR count). The first-order chi connectivity index (χ1) is 17.8. The number of nitrogens with one attached hydrogen (secondary N) is 1. The van der Waals surface area contributed by atoms with E-state index in [2.05, 4.69) is 10.5 Å². The van der Waals surface area contributed by atoms with Crippen LogP contribution in [-0.2, 0) is 14.8 Å². The maximum Gasteiger partial charge on any atom is 0.264 e. The molecule has 10 nitrogen and oxygen atoms in total. The Hall–Kier alpha value is -4.25. The van der Waals surface area contributed by atoms with Gasteiger partial charge < -0.3 is 18.9 Å². The maximum atomic E-state index is 13.6. The number of ether oxygens (including phenoxy) is 4. The summed E-state index contributed by atoms with van der Waals surface area (Å²) in [7, 11) is -1.28. The number of carbonyl (C=O) groups excluding carboxylic acids is 1. The van der Waals surface area contributed by atoms with Crippen molar-refractivity contribution in [3.63, 3.8) is 0 Å². The summed E-state index contributed by atoms with van der Waals surface area (Å²) in [5, 5.41) is 4.16. The van der Waals surface area contributed by atoms with Crippen LogP contribution in [0.25, 0.3) is 0 Å². The third-order valence-electron chi connectivity index (χ3n) is 5.58. The van der Waals surface area contributed by atoms with Crippen LogP contribution < -0.4 is 28.7 Å². The van der Waals surface area contributed by atoms with Gasteiger partial charge in [-0.3, -0.25) is 9.10 Å². The number of para-hydroxylation sites is 1. The standard InChI is InChI=1S/C26H27N3O7S/c1-18(19-9-11-23-25(15-19)36-14-13-35-23)27-28-26(30)17-29(20-7-5-4-6-8-20)37(31,32)21-10-12-22(33-2)24(16-21)34-3/h4-12,15-16H,13-14,17H2,1-3H3,(H,28,30)/b27-18-. The fourth-order valence-electron chi connectivity index (χ4n) is 3.66. The van der Waals surface area contributed by atoms with E-state index in [4.69, 9.17) is 18.9 Å². The van der Waals surface area contributed by atoms with Gasteiger partial charge in [0, 0.05) is 11.6 Å². The molecule has 3 aromatic rings. The molecule has 37 heavy (non-hydrogen) atoms. The Morgan fingerprint density at radius 3 is 2.35 bits per heavy atom. The highest BCUT2D eigenvalue weighted by Crippen LogP contribution is 2.32. The van der Waals surface area contributed by atoms with Crippen molar-refractivity contribution in [3.05, 3.63) is 72.3 Å². The first-order valence-electron chi connectivity index (χ1n) is 11.4. The van der Waals surface area contributed by atoms with Crippen molar-refractivity contribution in [3.8, 4) is 23.0 Å². The minimum absolute atomic E-state index is 0.0576. The number of amides is 1. The summed E-state index contributed by atoms with van der Waals surface area (Å²) in [6, 6.07) is 17.9. The van der Waals surface area contributed by atoms with E-state index in [1.54, 1.807) is 55.5 Å². The average molecular weight is 526 g/mol. The molecule has 11 heteroatoms. The number of sulfonamides is 1. The van der Waals surface area contributed by atoms with Gasteiger partial charge in [0.25, 0.3) is 15.9 Å². The lowest BCUT2D eigenvalue weighted by Gasteiger charge is -2.24. The van der Waals surface area contributed by atoms with Crippen molar-refractivity contribution in [2.24, 2.45) is 5.10 Å². The van der Waals surface area contributed by atoms with E-state index in [-0.39, 0.29) is 10.6 Å². The van der Waals surface area contributed by atoms with Crippen LogP contribution in [0.15, 0.2) is 76.7 Å². The van der Waals surface area contributed by atoms with Crippen LogP contribution in [0, 0.1) is 0 Å². The van der Waals surface area contributed by atoms with Crippen molar-refractivity contribution in [1.82, 2.24) is 5.43 Å². The average Bonchev–Trinajstić information content (AvgIpc) is 2.94. The summed E-state index contributed by atoms with van der Waals surface area (Å²) >= 11 is 0. The topological polar surface area (TPSA) is 116 Å². The molecule has 3 aromatic carbocycles. The molecule has 0 fully saturated rings. The van der Waals surface area contributed by atoms with E-state index in [1.807, 2.05) is 0 Å². The van der Waals surface area contributed by atoms with E-state index < -0.39 is 22.5 Å². The number of hydrazone groups is 1. The van der Waals surface area contributed by atoms with Gasteiger partial charge in [-0.05, 0) is 49.4 Å². The normalized spacial score (nSPS) is 13.0. The number of hydrogen-bond donors (Lipinski definition) is 1. The maximum absolute atomic E-state index is 13.6. The Morgan fingerprint density at radius 2 is 1.65 bits per heavy atom. The van der Waals surface area contributed by atoms with Gasteiger partial charge in [0.05, 0.1) is 30.5 Å². The molecule has 0 spiro atoms. The molecule has 0 aliphatic carbocycles. The molecule has 1 heterocycles. The first kappa shape index (κ1) is 25.8. The highest BCUT2D eigenvalue weighted by molar-refractivity contribution is 7.92. The van der Waals surface area contributed by atoms with E-state index in [1.165, 1.54) is 32.4 Å². The molecule has 0 saturated heterocycles. The van der Waals surface area contributed by atoms with Gasteiger partial charge in [-0.1, -0.05) is 18.2 Å². The van der Waals surface area contributed by atoms with Crippen molar-refractivity contribution < 1.29 is 32.2 Å². The summed E-state index contributed by atoms with van der Waals surface area (Å²) in [5.74, 6) is 1.26. The van der Waals surface area contributed by atoms with Gasteiger partial charge in [-0.2, -0.15) is 5.10 Å². The molecule has 1 aliphatic rings. The van der Waals surface area contributed by atoms with Crippen LogP contribution in [-0.4, -0.2) is 54.0 Å². The fraction of sp³-hybridized carbons (Fsp3) is 0.231. The molecular formula is C26H27N3O7S. The predicted octanol–water partition coefficient (Wildman–Crippen LogP) is 3.21. The number of nitrogens with zero attached hydrogens (tertiary/aromatic N) is 2. The molecule has 0 aromatic heterocycles. The van der Waals surface area contributed by atoms with Crippen LogP contribution in [0.3, 0.4) is 0 Å². The minimum Gasteiger partial charge on any atom is -0.493 e. The molecule has 0 atom stereocenters. The molecule has 1 amide bonds. The largest absolute Gasteiger partial charge is 0.493 e. The number of rotatable bonds is 9. The highest BCUT2D eigenvalue weighted by Gasteiger charge is 2.28. The number of carbonyl (C=O) groups is 1. The summed E-state index contributed by atoms with van der Waals surface area (Å²) < 4.78 is 49.8. The SMILES string of the molecule is COc1ccc(S(=O)(=O)N(CC(=O)N/N=C(/C)c2ccc3c(c2)OCCO3)c2ccccc2)cc1OC. The van der Waals surface area contributed by atoms with Crippen molar-refractivity contribution in [1.29, 1.82) is 0 Å². The number of hydrogen-bond acceptors (Lipinski definition) is 8.